The molecule has 0 bridgehead atoms. The topological polar surface area (TPSA) is 25.8 Å². The lowest BCUT2D eigenvalue weighted by Crippen LogP contribution is -2.10. The minimum atomic E-state index is 0.398. The highest BCUT2D eigenvalue weighted by Gasteiger charge is 2.24. The highest BCUT2D eigenvalue weighted by Crippen LogP contribution is 2.38. The van der Waals surface area contributed by atoms with Crippen LogP contribution in [0.1, 0.15) is 34.9 Å². The Kier molecular flexibility index (Phi) is 2.65. The van der Waals surface area contributed by atoms with Gasteiger partial charge in [-0.2, -0.15) is 0 Å². The maximum atomic E-state index is 5.85. The zero-order chi connectivity index (χ0) is 11.0. The van der Waals surface area contributed by atoms with Gasteiger partial charge in [0.2, 0.25) is 4.47 Å². The molecule has 1 aliphatic rings. The first-order chi connectivity index (χ1) is 7.84. The van der Waals surface area contributed by atoms with Gasteiger partial charge in [-0.1, -0.05) is 35.6 Å². The molecule has 1 heterocycles. The SMILES string of the molecule is Clc1nnc(C2CCCc3ccccc32)s1. The van der Waals surface area contributed by atoms with Crippen LogP contribution in [-0.4, -0.2) is 10.2 Å². The van der Waals surface area contributed by atoms with Gasteiger partial charge in [-0.15, -0.1) is 10.2 Å². The van der Waals surface area contributed by atoms with Crippen molar-refractivity contribution >= 4 is 22.9 Å². The summed E-state index contributed by atoms with van der Waals surface area (Å²) < 4.78 is 0.540. The molecule has 3 rings (SSSR count). The summed E-state index contributed by atoms with van der Waals surface area (Å²) in [5.41, 5.74) is 2.85. The van der Waals surface area contributed by atoms with E-state index in [1.165, 1.54) is 35.3 Å². The van der Waals surface area contributed by atoms with E-state index < -0.39 is 0 Å². The highest BCUT2D eigenvalue weighted by atomic mass is 35.5. The van der Waals surface area contributed by atoms with Crippen molar-refractivity contribution in [2.24, 2.45) is 0 Å². The second-order valence-electron chi connectivity index (χ2n) is 4.04. The van der Waals surface area contributed by atoms with Crippen LogP contribution in [0.15, 0.2) is 24.3 Å². The lowest BCUT2D eigenvalue weighted by atomic mass is 9.83. The first-order valence-corrected chi connectivity index (χ1v) is 6.61. The number of aryl methyl sites for hydroxylation is 1. The zero-order valence-corrected chi connectivity index (χ0v) is 10.3. The lowest BCUT2D eigenvalue weighted by Gasteiger charge is -2.23. The average Bonchev–Trinajstić information content (AvgIpc) is 2.75. The van der Waals surface area contributed by atoms with E-state index in [9.17, 15) is 0 Å². The van der Waals surface area contributed by atoms with Gasteiger partial charge in [0.05, 0.1) is 0 Å². The predicted octanol–water partition coefficient (Wildman–Crippen LogP) is 3.66. The number of benzene rings is 1. The molecular weight excluding hydrogens is 240 g/mol. The first-order valence-electron chi connectivity index (χ1n) is 5.41. The van der Waals surface area contributed by atoms with Crippen molar-refractivity contribution < 1.29 is 0 Å². The Bertz CT molecular complexity index is 509. The van der Waals surface area contributed by atoms with Crippen LogP contribution in [0.2, 0.25) is 4.47 Å². The summed E-state index contributed by atoms with van der Waals surface area (Å²) in [6.45, 7) is 0. The van der Waals surface area contributed by atoms with Gasteiger partial charge in [-0.3, -0.25) is 0 Å². The van der Waals surface area contributed by atoms with E-state index in [-0.39, 0.29) is 0 Å². The Balaban J connectivity index is 2.04. The van der Waals surface area contributed by atoms with Gasteiger partial charge in [0.1, 0.15) is 5.01 Å². The molecule has 0 aliphatic heterocycles. The Hall–Kier alpha value is -0.930. The van der Waals surface area contributed by atoms with Crippen molar-refractivity contribution in [3.63, 3.8) is 0 Å². The number of halogens is 1. The van der Waals surface area contributed by atoms with Gasteiger partial charge in [-0.25, -0.2) is 0 Å². The molecular formula is C12H11ClN2S. The maximum absolute atomic E-state index is 5.85. The largest absolute Gasteiger partial charge is 0.207 e. The smallest absolute Gasteiger partial charge is 0.142 e. The number of aromatic nitrogens is 2. The second-order valence-corrected chi connectivity index (χ2v) is 5.63. The van der Waals surface area contributed by atoms with Crippen LogP contribution in [0.5, 0.6) is 0 Å². The number of hydrogen-bond acceptors (Lipinski definition) is 3. The molecule has 1 aliphatic carbocycles. The van der Waals surface area contributed by atoms with E-state index in [1.807, 2.05) is 0 Å². The summed E-state index contributed by atoms with van der Waals surface area (Å²) in [6.07, 6.45) is 3.56. The van der Waals surface area contributed by atoms with Crippen molar-refractivity contribution in [1.82, 2.24) is 10.2 Å². The Labute approximate surface area is 103 Å². The summed E-state index contributed by atoms with van der Waals surface area (Å²) in [7, 11) is 0. The summed E-state index contributed by atoms with van der Waals surface area (Å²) in [5, 5.41) is 9.13. The molecule has 0 saturated carbocycles. The third-order valence-corrected chi connectivity index (χ3v) is 4.22. The third-order valence-electron chi connectivity index (χ3n) is 3.08. The number of rotatable bonds is 1. The monoisotopic (exact) mass is 250 g/mol. The molecule has 0 radical (unpaired) electrons. The predicted molar refractivity (Wildman–Crippen MR) is 66.1 cm³/mol. The van der Waals surface area contributed by atoms with Crippen molar-refractivity contribution in [2.45, 2.75) is 25.2 Å². The van der Waals surface area contributed by atoms with Crippen LogP contribution in [-0.2, 0) is 6.42 Å². The van der Waals surface area contributed by atoms with E-state index in [2.05, 4.69) is 34.5 Å². The van der Waals surface area contributed by atoms with Gasteiger partial charge in [0.15, 0.2) is 0 Å². The van der Waals surface area contributed by atoms with E-state index in [0.29, 0.717) is 10.4 Å². The Morgan fingerprint density at radius 1 is 1.25 bits per heavy atom. The van der Waals surface area contributed by atoms with Gasteiger partial charge < -0.3 is 0 Å². The van der Waals surface area contributed by atoms with E-state index in [4.69, 9.17) is 11.6 Å². The van der Waals surface area contributed by atoms with Gasteiger partial charge in [0, 0.05) is 5.92 Å². The average molecular weight is 251 g/mol. The van der Waals surface area contributed by atoms with Gasteiger partial charge in [-0.05, 0) is 42.0 Å². The molecule has 16 heavy (non-hydrogen) atoms. The van der Waals surface area contributed by atoms with Crippen molar-refractivity contribution in [3.8, 4) is 0 Å². The third kappa shape index (κ3) is 1.74. The molecule has 1 aromatic heterocycles. The molecule has 1 aromatic carbocycles. The molecule has 1 atom stereocenters. The normalized spacial score (nSPS) is 19.4. The molecule has 0 fully saturated rings. The standard InChI is InChI=1S/C12H11ClN2S/c13-12-15-14-11(16-12)10-7-3-5-8-4-1-2-6-9(8)10/h1-2,4,6,10H,3,5,7H2. The van der Waals surface area contributed by atoms with Crippen LogP contribution in [0.3, 0.4) is 0 Å². The molecule has 0 saturated heterocycles. The van der Waals surface area contributed by atoms with Crippen molar-refractivity contribution in [2.75, 3.05) is 0 Å². The maximum Gasteiger partial charge on any atom is 0.207 e. The van der Waals surface area contributed by atoms with Crippen molar-refractivity contribution in [1.29, 1.82) is 0 Å². The van der Waals surface area contributed by atoms with E-state index >= 15 is 0 Å². The summed E-state index contributed by atoms with van der Waals surface area (Å²) in [5.74, 6) is 0.398. The van der Waals surface area contributed by atoms with Gasteiger partial charge in [0.25, 0.3) is 0 Å². The summed E-state index contributed by atoms with van der Waals surface area (Å²) in [4.78, 5) is 0. The number of fused-ring (bicyclic) bond motifs is 1. The minimum Gasteiger partial charge on any atom is -0.142 e. The van der Waals surface area contributed by atoms with Crippen LogP contribution in [0.4, 0.5) is 0 Å². The second kappa shape index (κ2) is 4.15. The molecule has 4 heteroatoms. The number of nitrogens with zero attached hydrogens (tertiary/aromatic N) is 2. The van der Waals surface area contributed by atoms with Crippen LogP contribution in [0.25, 0.3) is 0 Å². The van der Waals surface area contributed by atoms with Crippen LogP contribution < -0.4 is 0 Å². The van der Waals surface area contributed by atoms with Crippen molar-refractivity contribution in [3.05, 3.63) is 44.9 Å². The molecule has 1 unspecified atom stereocenters. The minimum absolute atomic E-state index is 0.398. The van der Waals surface area contributed by atoms with Gasteiger partial charge >= 0.3 is 0 Å². The Morgan fingerprint density at radius 3 is 2.94 bits per heavy atom. The summed E-state index contributed by atoms with van der Waals surface area (Å²) in [6, 6.07) is 8.62. The molecule has 2 aromatic rings. The Morgan fingerprint density at radius 2 is 2.12 bits per heavy atom. The molecule has 2 nitrogen and oxygen atoms in total. The molecule has 0 N–H and O–H groups in total. The number of hydrogen-bond donors (Lipinski definition) is 0. The van der Waals surface area contributed by atoms with E-state index in [1.54, 1.807) is 0 Å². The van der Waals surface area contributed by atoms with Crippen LogP contribution in [0, 0.1) is 0 Å². The fourth-order valence-electron chi connectivity index (χ4n) is 2.37. The first kappa shape index (κ1) is 10.2. The van der Waals surface area contributed by atoms with Crippen LogP contribution >= 0.6 is 22.9 Å². The fraction of sp³-hybridized carbons (Fsp3) is 0.333. The zero-order valence-electron chi connectivity index (χ0n) is 8.69. The summed E-state index contributed by atoms with van der Waals surface area (Å²) >= 11 is 7.35. The highest BCUT2D eigenvalue weighted by molar-refractivity contribution is 7.15. The molecule has 0 spiro atoms. The molecule has 82 valence electrons. The van der Waals surface area contributed by atoms with E-state index in [0.717, 1.165) is 11.4 Å². The lowest BCUT2D eigenvalue weighted by molar-refractivity contribution is 0.609. The fourth-order valence-corrected chi connectivity index (χ4v) is 3.36. The molecule has 0 amide bonds. The quantitative estimate of drug-likeness (QED) is 0.772.